The Morgan fingerprint density at radius 1 is 1.43 bits per heavy atom. The number of carbonyl (C=O) groups is 1. The van der Waals surface area contributed by atoms with Gasteiger partial charge in [-0.1, -0.05) is 0 Å². The predicted octanol–water partition coefficient (Wildman–Crippen LogP) is -0.211. The van der Waals surface area contributed by atoms with Crippen LogP contribution < -0.4 is 0 Å². The van der Waals surface area contributed by atoms with E-state index in [0.29, 0.717) is 13.1 Å². The molecule has 0 aromatic rings. The zero-order valence-corrected chi connectivity index (χ0v) is 8.92. The lowest BCUT2D eigenvalue weighted by atomic mass is 10.2. The summed E-state index contributed by atoms with van der Waals surface area (Å²) in [6.45, 7) is 0.943. The van der Waals surface area contributed by atoms with Gasteiger partial charge >= 0.3 is 5.97 Å². The molecule has 1 saturated heterocycles. The van der Waals surface area contributed by atoms with Crippen molar-refractivity contribution in [3.05, 3.63) is 6.42 Å². The number of sulfonamides is 1. The van der Waals surface area contributed by atoms with Gasteiger partial charge in [0.1, 0.15) is 0 Å². The number of hydrogen-bond acceptors (Lipinski definition) is 4. The van der Waals surface area contributed by atoms with Gasteiger partial charge in [0.25, 0.3) is 0 Å². The van der Waals surface area contributed by atoms with Crippen LogP contribution in [0.5, 0.6) is 0 Å². The first-order valence-electron chi connectivity index (χ1n) is 4.42. The molecule has 0 spiro atoms. The number of ether oxygens (including phenoxy) is 1. The van der Waals surface area contributed by atoms with Crippen LogP contribution in [0.25, 0.3) is 0 Å². The van der Waals surface area contributed by atoms with Crippen molar-refractivity contribution in [2.24, 2.45) is 0 Å². The van der Waals surface area contributed by atoms with Crippen LogP contribution in [0.3, 0.4) is 0 Å². The second-order valence-electron chi connectivity index (χ2n) is 3.10. The summed E-state index contributed by atoms with van der Waals surface area (Å²) in [4.78, 5) is 10.8. The second kappa shape index (κ2) is 4.75. The van der Waals surface area contributed by atoms with Gasteiger partial charge in [-0.2, -0.15) is 0 Å². The third-order valence-corrected chi connectivity index (χ3v) is 3.84. The number of rotatable bonds is 3. The first-order valence-corrected chi connectivity index (χ1v) is 6.03. The lowest BCUT2D eigenvalue weighted by Crippen LogP contribution is -2.39. The maximum Gasteiger partial charge on any atom is 0.322 e. The SMILES string of the molecule is COC(=O)CS(=O)(=O)N1CC[CH]CC1. The van der Waals surface area contributed by atoms with Gasteiger partial charge in [-0.3, -0.25) is 4.79 Å². The molecule has 0 bridgehead atoms. The lowest BCUT2D eigenvalue weighted by molar-refractivity contribution is -0.137. The van der Waals surface area contributed by atoms with Gasteiger partial charge in [0, 0.05) is 13.1 Å². The molecule has 0 N–H and O–H groups in total. The fourth-order valence-electron chi connectivity index (χ4n) is 1.30. The number of methoxy groups -OCH3 is 1. The fourth-order valence-corrected chi connectivity index (χ4v) is 2.67. The van der Waals surface area contributed by atoms with Crippen molar-refractivity contribution in [1.29, 1.82) is 0 Å². The number of esters is 1. The maximum atomic E-state index is 11.6. The topological polar surface area (TPSA) is 63.7 Å². The van der Waals surface area contributed by atoms with E-state index in [1.807, 2.05) is 6.42 Å². The second-order valence-corrected chi connectivity index (χ2v) is 5.07. The average Bonchev–Trinajstić information content (AvgIpc) is 2.18. The standard InChI is InChI=1S/C8H14NO4S/c1-13-8(10)7-14(11,12)9-5-3-2-4-6-9/h2H,3-7H2,1H3. The Morgan fingerprint density at radius 3 is 2.50 bits per heavy atom. The van der Waals surface area contributed by atoms with Gasteiger partial charge in [-0.15, -0.1) is 0 Å². The Balaban J connectivity index is 2.59. The van der Waals surface area contributed by atoms with E-state index < -0.39 is 21.7 Å². The molecule has 1 radical (unpaired) electrons. The minimum absolute atomic E-state index is 0.472. The summed E-state index contributed by atoms with van der Waals surface area (Å²) < 4.78 is 28.8. The van der Waals surface area contributed by atoms with E-state index >= 15 is 0 Å². The molecule has 0 aromatic heterocycles. The molecule has 81 valence electrons. The van der Waals surface area contributed by atoms with Crippen LogP contribution in [-0.4, -0.2) is 44.6 Å². The highest BCUT2D eigenvalue weighted by Gasteiger charge is 2.26. The van der Waals surface area contributed by atoms with Crippen molar-refractivity contribution in [2.75, 3.05) is 26.0 Å². The highest BCUT2D eigenvalue weighted by atomic mass is 32.2. The van der Waals surface area contributed by atoms with Crippen LogP contribution in [0.4, 0.5) is 0 Å². The van der Waals surface area contributed by atoms with E-state index in [-0.39, 0.29) is 0 Å². The third kappa shape index (κ3) is 2.95. The van der Waals surface area contributed by atoms with Crippen LogP contribution in [0, 0.1) is 6.42 Å². The number of nitrogens with zero attached hydrogens (tertiary/aromatic N) is 1. The van der Waals surface area contributed by atoms with E-state index in [4.69, 9.17) is 0 Å². The van der Waals surface area contributed by atoms with E-state index in [9.17, 15) is 13.2 Å². The van der Waals surface area contributed by atoms with Gasteiger partial charge < -0.3 is 4.74 Å². The Labute approximate surface area is 84.1 Å². The molecule has 1 aliphatic rings. The molecule has 1 aliphatic heterocycles. The van der Waals surface area contributed by atoms with E-state index in [0.717, 1.165) is 12.8 Å². The smallest absolute Gasteiger partial charge is 0.322 e. The predicted molar refractivity (Wildman–Crippen MR) is 50.9 cm³/mol. The molecule has 14 heavy (non-hydrogen) atoms. The molecule has 0 amide bonds. The van der Waals surface area contributed by atoms with Crippen LogP contribution in [0.2, 0.25) is 0 Å². The van der Waals surface area contributed by atoms with Crippen molar-refractivity contribution >= 4 is 16.0 Å². The largest absolute Gasteiger partial charge is 0.468 e. The molecule has 0 unspecified atom stereocenters. The van der Waals surface area contributed by atoms with Crippen LogP contribution in [0.1, 0.15) is 12.8 Å². The molecule has 1 heterocycles. The van der Waals surface area contributed by atoms with Crippen molar-refractivity contribution in [1.82, 2.24) is 4.31 Å². The van der Waals surface area contributed by atoms with Gasteiger partial charge in [-0.25, -0.2) is 12.7 Å². The first-order chi connectivity index (χ1) is 6.56. The van der Waals surface area contributed by atoms with Crippen molar-refractivity contribution in [3.8, 4) is 0 Å². The number of piperidine rings is 1. The molecular formula is C8H14NO4S. The molecule has 6 heteroatoms. The molecule has 0 atom stereocenters. The minimum Gasteiger partial charge on any atom is -0.468 e. The van der Waals surface area contributed by atoms with Crippen LogP contribution >= 0.6 is 0 Å². The molecule has 1 rings (SSSR count). The Morgan fingerprint density at radius 2 is 2.00 bits per heavy atom. The van der Waals surface area contributed by atoms with Crippen LogP contribution in [-0.2, 0) is 19.6 Å². The highest BCUT2D eigenvalue weighted by Crippen LogP contribution is 2.12. The summed E-state index contributed by atoms with van der Waals surface area (Å²) in [6.07, 6.45) is 3.55. The van der Waals surface area contributed by atoms with Crippen molar-refractivity contribution in [2.45, 2.75) is 12.8 Å². The Bertz CT molecular complexity index is 292. The van der Waals surface area contributed by atoms with Crippen molar-refractivity contribution in [3.63, 3.8) is 0 Å². The minimum atomic E-state index is -3.46. The van der Waals surface area contributed by atoms with Crippen molar-refractivity contribution < 1.29 is 17.9 Å². The van der Waals surface area contributed by atoms with Gasteiger partial charge in [0.15, 0.2) is 5.75 Å². The van der Waals surface area contributed by atoms with E-state index in [1.54, 1.807) is 0 Å². The quantitative estimate of drug-likeness (QED) is 0.617. The summed E-state index contributed by atoms with van der Waals surface area (Å²) in [5.41, 5.74) is 0. The summed E-state index contributed by atoms with van der Waals surface area (Å²) in [7, 11) is -2.27. The Kier molecular flexibility index (Phi) is 3.88. The zero-order chi connectivity index (χ0) is 10.6. The molecule has 1 fully saturated rings. The summed E-state index contributed by atoms with van der Waals surface area (Å²) in [5.74, 6) is -1.26. The zero-order valence-electron chi connectivity index (χ0n) is 8.10. The molecule has 5 nitrogen and oxygen atoms in total. The summed E-state index contributed by atoms with van der Waals surface area (Å²) in [6, 6.07) is 0. The van der Waals surface area contributed by atoms with Gasteiger partial charge in [0.05, 0.1) is 7.11 Å². The first kappa shape index (κ1) is 11.5. The Hall–Kier alpha value is -0.620. The van der Waals surface area contributed by atoms with Gasteiger partial charge in [0.2, 0.25) is 10.0 Å². The van der Waals surface area contributed by atoms with E-state index in [2.05, 4.69) is 4.74 Å². The third-order valence-electron chi connectivity index (χ3n) is 2.09. The highest BCUT2D eigenvalue weighted by molar-refractivity contribution is 7.89. The molecule has 0 saturated carbocycles. The molecule has 0 aromatic carbocycles. The number of carbonyl (C=O) groups excluding carboxylic acids is 1. The van der Waals surface area contributed by atoms with E-state index in [1.165, 1.54) is 11.4 Å². The molecular weight excluding hydrogens is 206 g/mol. The van der Waals surface area contributed by atoms with Crippen LogP contribution in [0.15, 0.2) is 0 Å². The lowest BCUT2D eigenvalue weighted by Gasteiger charge is -2.25. The maximum absolute atomic E-state index is 11.6. The normalized spacial score (nSPS) is 19.2. The summed E-state index contributed by atoms with van der Waals surface area (Å²) in [5, 5.41) is 0. The fraction of sp³-hybridized carbons (Fsp3) is 0.750. The summed E-state index contributed by atoms with van der Waals surface area (Å²) >= 11 is 0. The van der Waals surface area contributed by atoms with Gasteiger partial charge in [-0.05, 0) is 19.3 Å². The average molecular weight is 220 g/mol. The number of hydrogen-bond donors (Lipinski definition) is 0. The monoisotopic (exact) mass is 220 g/mol. The molecule has 0 aliphatic carbocycles.